The molecule has 6 heteroatoms. The van der Waals surface area contributed by atoms with Crippen LogP contribution in [0.15, 0.2) is 47.7 Å². The van der Waals surface area contributed by atoms with Crippen molar-refractivity contribution in [3.63, 3.8) is 0 Å². The molecule has 1 heterocycles. The second-order valence-corrected chi connectivity index (χ2v) is 5.63. The molecule has 5 nitrogen and oxygen atoms in total. The van der Waals surface area contributed by atoms with E-state index in [-0.39, 0.29) is 24.0 Å². The molecule has 0 aliphatic carbocycles. The van der Waals surface area contributed by atoms with E-state index in [2.05, 4.69) is 28.5 Å². The van der Waals surface area contributed by atoms with Crippen LogP contribution in [0.2, 0.25) is 0 Å². The number of hydrogen-bond acceptors (Lipinski definition) is 2. The van der Waals surface area contributed by atoms with Crippen molar-refractivity contribution in [2.75, 3.05) is 13.1 Å². The molecule has 0 aliphatic rings. The third kappa shape index (κ3) is 7.33. The summed E-state index contributed by atoms with van der Waals surface area (Å²) in [6, 6.07) is 10.1. The lowest BCUT2D eigenvalue weighted by molar-refractivity contribution is 0.673. The fourth-order valence-electron chi connectivity index (χ4n) is 2.34. The Bertz CT molecular complexity index is 594. The molecule has 0 spiro atoms. The van der Waals surface area contributed by atoms with Crippen molar-refractivity contribution in [1.29, 1.82) is 0 Å². The van der Waals surface area contributed by atoms with Crippen LogP contribution in [0.3, 0.4) is 0 Å². The monoisotopic (exact) mass is 441 g/mol. The number of benzene rings is 1. The average Bonchev–Trinajstić information content (AvgIpc) is 3.04. The molecule has 1 aromatic heterocycles. The van der Waals surface area contributed by atoms with Crippen molar-refractivity contribution in [3.05, 3.63) is 48.3 Å². The molecule has 2 aromatic rings. The highest BCUT2D eigenvalue weighted by Gasteiger charge is 2.01. The van der Waals surface area contributed by atoms with E-state index in [9.17, 15) is 0 Å². The molecule has 0 atom stereocenters. The highest BCUT2D eigenvalue weighted by atomic mass is 127. The molecule has 0 aliphatic heterocycles. The predicted molar refractivity (Wildman–Crippen MR) is 111 cm³/mol. The second kappa shape index (κ2) is 11.9. The molecule has 0 radical (unpaired) electrons. The van der Waals surface area contributed by atoms with Gasteiger partial charge in [-0.25, -0.2) is 4.68 Å². The van der Waals surface area contributed by atoms with Crippen molar-refractivity contribution in [2.24, 2.45) is 10.7 Å². The smallest absolute Gasteiger partial charge is 0.188 e. The maximum atomic E-state index is 5.87. The molecule has 0 unspecified atom stereocenters. The van der Waals surface area contributed by atoms with Gasteiger partial charge in [0, 0.05) is 19.3 Å². The minimum atomic E-state index is 0. The number of para-hydroxylation sites is 1. The molecule has 24 heavy (non-hydrogen) atoms. The number of aromatic nitrogens is 2. The topological polar surface area (TPSA) is 68.2 Å². The summed E-state index contributed by atoms with van der Waals surface area (Å²) in [5.41, 5.74) is 8.11. The van der Waals surface area contributed by atoms with E-state index < -0.39 is 0 Å². The number of nitrogens with two attached hydrogens (primary N) is 1. The lowest BCUT2D eigenvalue weighted by atomic mass is 10.2. The zero-order valence-electron chi connectivity index (χ0n) is 14.3. The number of nitrogens with zero attached hydrogens (tertiary/aromatic N) is 3. The summed E-state index contributed by atoms with van der Waals surface area (Å²) in [6.07, 6.45) is 9.68. The van der Waals surface area contributed by atoms with Crippen molar-refractivity contribution in [1.82, 2.24) is 15.1 Å². The van der Waals surface area contributed by atoms with Crippen molar-refractivity contribution >= 4 is 29.9 Å². The fraction of sp³-hybridized carbons (Fsp3) is 0.444. The quantitative estimate of drug-likeness (QED) is 0.271. The zero-order chi connectivity index (χ0) is 16.3. The SMILES string of the molecule is CCCCCCN=C(N)NCCc1cnn(-c2ccccc2)c1.I. The van der Waals surface area contributed by atoms with E-state index >= 15 is 0 Å². The standard InChI is InChI=1S/C18H27N5.HI/c1-2-3-4-8-12-20-18(19)21-13-11-16-14-22-23(15-16)17-9-6-5-7-10-17;/h5-7,9-10,14-15H,2-4,8,11-13H2,1H3,(H3,19,20,21);1H. The van der Waals surface area contributed by atoms with Gasteiger partial charge in [0.25, 0.3) is 0 Å². The van der Waals surface area contributed by atoms with E-state index in [0.29, 0.717) is 5.96 Å². The molecule has 3 N–H and O–H groups in total. The maximum absolute atomic E-state index is 5.87. The highest BCUT2D eigenvalue weighted by molar-refractivity contribution is 14.0. The number of aliphatic imine (C=N–C) groups is 1. The molecular weight excluding hydrogens is 413 g/mol. The van der Waals surface area contributed by atoms with Gasteiger partial charge in [-0.1, -0.05) is 44.4 Å². The van der Waals surface area contributed by atoms with Gasteiger partial charge in [-0.15, -0.1) is 24.0 Å². The first kappa shape index (κ1) is 20.5. The van der Waals surface area contributed by atoms with Crippen molar-refractivity contribution < 1.29 is 0 Å². The first-order chi connectivity index (χ1) is 11.3. The van der Waals surface area contributed by atoms with Crippen LogP contribution < -0.4 is 11.1 Å². The Hall–Kier alpha value is -1.57. The van der Waals surface area contributed by atoms with Gasteiger partial charge in [0.05, 0.1) is 11.9 Å². The van der Waals surface area contributed by atoms with Gasteiger partial charge in [0.2, 0.25) is 0 Å². The van der Waals surface area contributed by atoms with E-state index in [0.717, 1.165) is 31.6 Å². The molecular formula is C18H28IN5. The number of rotatable bonds is 9. The molecule has 132 valence electrons. The minimum absolute atomic E-state index is 0. The lowest BCUT2D eigenvalue weighted by Gasteiger charge is -2.04. The largest absolute Gasteiger partial charge is 0.370 e. The van der Waals surface area contributed by atoms with Crippen LogP contribution in [-0.2, 0) is 6.42 Å². The van der Waals surface area contributed by atoms with E-state index in [1.807, 2.05) is 41.2 Å². The van der Waals surface area contributed by atoms with Crippen LogP contribution in [0, 0.1) is 0 Å². The van der Waals surface area contributed by atoms with Crippen LogP contribution in [0.4, 0.5) is 0 Å². The molecule has 2 rings (SSSR count). The summed E-state index contributed by atoms with van der Waals surface area (Å²) < 4.78 is 1.89. The summed E-state index contributed by atoms with van der Waals surface area (Å²) in [5.74, 6) is 0.539. The third-order valence-corrected chi connectivity index (χ3v) is 3.67. The average molecular weight is 441 g/mol. The Morgan fingerprint density at radius 1 is 1.21 bits per heavy atom. The van der Waals surface area contributed by atoms with Crippen LogP contribution >= 0.6 is 24.0 Å². The van der Waals surface area contributed by atoms with Crippen LogP contribution in [-0.4, -0.2) is 28.8 Å². The van der Waals surface area contributed by atoms with Crippen molar-refractivity contribution in [2.45, 2.75) is 39.0 Å². The summed E-state index contributed by atoms with van der Waals surface area (Å²) in [7, 11) is 0. The van der Waals surface area contributed by atoms with Gasteiger partial charge in [-0.3, -0.25) is 4.99 Å². The minimum Gasteiger partial charge on any atom is -0.370 e. The normalized spacial score (nSPS) is 11.1. The molecule has 1 aromatic carbocycles. The highest BCUT2D eigenvalue weighted by Crippen LogP contribution is 2.07. The van der Waals surface area contributed by atoms with Gasteiger partial charge in [-0.2, -0.15) is 5.10 Å². The van der Waals surface area contributed by atoms with Crippen LogP contribution in [0.1, 0.15) is 38.2 Å². The van der Waals surface area contributed by atoms with E-state index in [1.165, 1.54) is 24.8 Å². The molecule has 0 amide bonds. The fourth-order valence-corrected chi connectivity index (χ4v) is 2.34. The second-order valence-electron chi connectivity index (χ2n) is 5.63. The first-order valence-electron chi connectivity index (χ1n) is 8.42. The van der Waals surface area contributed by atoms with Crippen LogP contribution in [0.5, 0.6) is 0 Å². The summed E-state index contributed by atoms with van der Waals surface area (Å²) in [6.45, 7) is 3.79. The Kier molecular flexibility index (Phi) is 10.1. The van der Waals surface area contributed by atoms with Gasteiger partial charge in [0.1, 0.15) is 0 Å². The molecule has 0 saturated carbocycles. The lowest BCUT2D eigenvalue weighted by Crippen LogP contribution is -2.33. The number of hydrogen-bond donors (Lipinski definition) is 2. The van der Waals surface area contributed by atoms with Gasteiger partial charge < -0.3 is 11.1 Å². The summed E-state index contributed by atoms with van der Waals surface area (Å²) in [5, 5.41) is 7.55. The Morgan fingerprint density at radius 2 is 2.00 bits per heavy atom. The summed E-state index contributed by atoms with van der Waals surface area (Å²) >= 11 is 0. The van der Waals surface area contributed by atoms with E-state index in [4.69, 9.17) is 5.73 Å². The van der Waals surface area contributed by atoms with E-state index in [1.54, 1.807) is 0 Å². The van der Waals surface area contributed by atoms with Gasteiger partial charge in [-0.05, 0) is 30.5 Å². The Balaban J connectivity index is 0.00000288. The number of guanidine groups is 1. The Morgan fingerprint density at radius 3 is 2.75 bits per heavy atom. The molecule has 0 saturated heterocycles. The van der Waals surface area contributed by atoms with Gasteiger partial charge in [0.15, 0.2) is 5.96 Å². The zero-order valence-corrected chi connectivity index (χ0v) is 16.6. The summed E-state index contributed by atoms with van der Waals surface area (Å²) in [4.78, 5) is 4.34. The van der Waals surface area contributed by atoms with Gasteiger partial charge >= 0.3 is 0 Å². The first-order valence-corrected chi connectivity index (χ1v) is 8.42. The predicted octanol–water partition coefficient (Wildman–Crippen LogP) is 3.52. The Labute approximate surface area is 161 Å². The maximum Gasteiger partial charge on any atom is 0.188 e. The number of halogens is 1. The van der Waals surface area contributed by atoms with Crippen LogP contribution in [0.25, 0.3) is 5.69 Å². The number of unbranched alkanes of at least 4 members (excludes halogenated alkanes) is 3. The third-order valence-electron chi connectivity index (χ3n) is 3.67. The molecule has 0 fully saturated rings. The molecule has 0 bridgehead atoms. The number of nitrogens with one attached hydrogen (secondary N) is 1. The van der Waals surface area contributed by atoms with Crippen molar-refractivity contribution in [3.8, 4) is 5.69 Å².